The molecule has 1 heterocycles. The van der Waals surface area contributed by atoms with E-state index in [1.54, 1.807) is 13.2 Å². The first kappa shape index (κ1) is 11.9. The molecule has 0 saturated carbocycles. The van der Waals surface area contributed by atoms with Crippen LogP contribution in [-0.4, -0.2) is 26.1 Å². The fourth-order valence-corrected chi connectivity index (χ4v) is 2.43. The molecule has 0 aromatic heterocycles. The van der Waals surface area contributed by atoms with Crippen molar-refractivity contribution >= 4 is 5.91 Å². The van der Waals surface area contributed by atoms with Crippen LogP contribution in [0.2, 0.25) is 0 Å². The molecule has 4 heteroatoms. The number of benzene rings is 1. The van der Waals surface area contributed by atoms with Gasteiger partial charge in [0.15, 0.2) is 0 Å². The summed E-state index contributed by atoms with van der Waals surface area (Å²) in [7, 11) is 1.59. The molecule has 1 fully saturated rings. The molecule has 0 radical (unpaired) electrons. The molecular formula is C13H18N2O2. The molecular weight excluding hydrogens is 216 g/mol. The van der Waals surface area contributed by atoms with Gasteiger partial charge in [-0.1, -0.05) is 12.1 Å². The fraction of sp³-hybridized carbons (Fsp3) is 0.462. The number of amides is 1. The van der Waals surface area contributed by atoms with Crippen molar-refractivity contribution in [3.63, 3.8) is 0 Å². The summed E-state index contributed by atoms with van der Waals surface area (Å²) >= 11 is 0. The van der Waals surface area contributed by atoms with Gasteiger partial charge in [-0.3, -0.25) is 4.79 Å². The van der Waals surface area contributed by atoms with Gasteiger partial charge in [0.25, 0.3) is 5.91 Å². The van der Waals surface area contributed by atoms with E-state index in [2.05, 4.69) is 5.32 Å². The van der Waals surface area contributed by atoms with Crippen LogP contribution in [0.3, 0.4) is 0 Å². The molecule has 1 aromatic rings. The molecule has 2 rings (SSSR count). The van der Waals surface area contributed by atoms with E-state index in [0.29, 0.717) is 17.2 Å². The van der Waals surface area contributed by atoms with Crippen LogP contribution in [0.4, 0.5) is 0 Å². The third-order valence-electron chi connectivity index (χ3n) is 3.29. The molecule has 1 aromatic carbocycles. The molecule has 1 aliphatic heterocycles. The average Bonchev–Trinajstić information content (AvgIpc) is 2.38. The van der Waals surface area contributed by atoms with E-state index >= 15 is 0 Å². The van der Waals surface area contributed by atoms with Crippen LogP contribution in [0.1, 0.15) is 34.7 Å². The summed E-state index contributed by atoms with van der Waals surface area (Å²) in [6.45, 7) is 2.02. The van der Waals surface area contributed by atoms with Crippen LogP contribution in [-0.2, 0) is 0 Å². The molecule has 0 unspecified atom stereocenters. The van der Waals surface area contributed by atoms with Gasteiger partial charge in [0.2, 0.25) is 0 Å². The normalized spacial score (nSPS) is 16.8. The molecule has 0 aliphatic carbocycles. The van der Waals surface area contributed by atoms with E-state index in [1.165, 1.54) is 0 Å². The Hall–Kier alpha value is -1.55. The predicted molar refractivity (Wildman–Crippen MR) is 66.4 cm³/mol. The third-order valence-corrected chi connectivity index (χ3v) is 3.29. The number of hydrogen-bond donors (Lipinski definition) is 2. The lowest BCUT2D eigenvalue weighted by Crippen LogP contribution is -2.27. The maximum Gasteiger partial charge on any atom is 0.252 e. The first-order valence-electron chi connectivity index (χ1n) is 5.91. The number of piperidine rings is 1. The van der Waals surface area contributed by atoms with Gasteiger partial charge in [0.05, 0.1) is 12.7 Å². The molecule has 3 N–H and O–H groups in total. The summed E-state index contributed by atoms with van der Waals surface area (Å²) < 4.78 is 5.37. The number of nitrogens with two attached hydrogens (primary N) is 1. The topological polar surface area (TPSA) is 64.3 Å². The van der Waals surface area contributed by atoms with Crippen molar-refractivity contribution in [1.29, 1.82) is 0 Å². The first-order chi connectivity index (χ1) is 8.24. The number of primary amides is 1. The van der Waals surface area contributed by atoms with Crippen molar-refractivity contribution in [2.45, 2.75) is 18.8 Å². The Morgan fingerprint density at radius 1 is 1.41 bits per heavy atom. The number of carbonyl (C=O) groups is 1. The SMILES string of the molecule is COc1c(C(N)=O)cccc1C1CCNCC1. The second kappa shape index (κ2) is 5.19. The van der Waals surface area contributed by atoms with Gasteiger partial charge < -0.3 is 15.8 Å². The minimum Gasteiger partial charge on any atom is -0.496 e. The van der Waals surface area contributed by atoms with Gasteiger partial charge in [-0.2, -0.15) is 0 Å². The Morgan fingerprint density at radius 3 is 2.71 bits per heavy atom. The monoisotopic (exact) mass is 234 g/mol. The number of methoxy groups -OCH3 is 1. The molecule has 17 heavy (non-hydrogen) atoms. The Labute approximate surface area is 101 Å². The predicted octanol–water partition coefficient (Wildman–Crippen LogP) is 1.26. The van der Waals surface area contributed by atoms with Crippen LogP contribution in [0.25, 0.3) is 0 Å². The van der Waals surface area contributed by atoms with E-state index in [-0.39, 0.29) is 0 Å². The van der Waals surface area contributed by atoms with Crippen molar-refractivity contribution in [2.24, 2.45) is 5.73 Å². The lowest BCUT2D eigenvalue weighted by molar-refractivity contribution is 0.0997. The van der Waals surface area contributed by atoms with Gasteiger partial charge >= 0.3 is 0 Å². The van der Waals surface area contributed by atoms with Gasteiger partial charge in [0.1, 0.15) is 5.75 Å². The van der Waals surface area contributed by atoms with Crippen LogP contribution < -0.4 is 15.8 Å². The van der Waals surface area contributed by atoms with E-state index in [0.717, 1.165) is 31.5 Å². The Kier molecular flexibility index (Phi) is 3.64. The highest BCUT2D eigenvalue weighted by Crippen LogP contribution is 2.34. The summed E-state index contributed by atoms with van der Waals surface area (Å²) in [5.74, 6) is 0.662. The van der Waals surface area contributed by atoms with Gasteiger partial charge in [-0.15, -0.1) is 0 Å². The minimum atomic E-state index is -0.433. The van der Waals surface area contributed by atoms with Crippen molar-refractivity contribution < 1.29 is 9.53 Å². The molecule has 0 bridgehead atoms. The second-order valence-electron chi connectivity index (χ2n) is 4.32. The maximum atomic E-state index is 11.3. The number of para-hydroxylation sites is 1. The lowest BCUT2D eigenvalue weighted by Gasteiger charge is -2.25. The summed E-state index contributed by atoms with van der Waals surface area (Å²) in [4.78, 5) is 11.3. The number of ether oxygens (including phenoxy) is 1. The highest BCUT2D eigenvalue weighted by atomic mass is 16.5. The largest absolute Gasteiger partial charge is 0.496 e. The molecule has 0 atom stereocenters. The zero-order valence-corrected chi connectivity index (χ0v) is 10.0. The molecule has 92 valence electrons. The van der Waals surface area contributed by atoms with E-state index in [4.69, 9.17) is 10.5 Å². The fourth-order valence-electron chi connectivity index (χ4n) is 2.43. The van der Waals surface area contributed by atoms with Crippen molar-refractivity contribution in [2.75, 3.05) is 20.2 Å². The number of nitrogens with one attached hydrogen (secondary N) is 1. The van der Waals surface area contributed by atoms with E-state index in [9.17, 15) is 4.79 Å². The molecule has 1 aliphatic rings. The molecule has 4 nitrogen and oxygen atoms in total. The van der Waals surface area contributed by atoms with Gasteiger partial charge in [0, 0.05) is 0 Å². The quantitative estimate of drug-likeness (QED) is 0.827. The number of rotatable bonds is 3. The van der Waals surface area contributed by atoms with Crippen LogP contribution in [0, 0.1) is 0 Å². The Bertz CT molecular complexity index is 412. The van der Waals surface area contributed by atoms with Gasteiger partial charge in [-0.05, 0) is 43.5 Å². The zero-order valence-electron chi connectivity index (χ0n) is 10.0. The Balaban J connectivity index is 2.38. The zero-order chi connectivity index (χ0) is 12.3. The molecule has 1 amide bonds. The van der Waals surface area contributed by atoms with Crippen LogP contribution in [0.5, 0.6) is 5.75 Å². The van der Waals surface area contributed by atoms with Crippen molar-refractivity contribution in [1.82, 2.24) is 5.32 Å². The van der Waals surface area contributed by atoms with Crippen molar-refractivity contribution in [3.8, 4) is 5.75 Å². The van der Waals surface area contributed by atoms with Gasteiger partial charge in [-0.25, -0.2) is 0 Å². The summed E-state index contributed by atoms with van der Waals surface area (Å²) in [6, 6.07) is 5.62. The van der Waals surface area contributed by atoms with Crippen LogP contribution in [0.15, 0.2) is 18.2 Å². The maximum absolute atomic E-state index is 11.3. The van der Waals surface area contributed by atoms with E-state index < -0.39 is 5.91 Å². The number of carbonyl (C=O) groups excluding carboxylic acids is 1. The Morgan fingerprint density at radius 2 is 2.12 bits per heavy atom. The summed E-state index contributed by atoms with van der Waals surface area (Å²) in [5, 5.41) is 3.33. The molecule has 1 saturated heterocycles. The highest BCUT2D eigenvalue weighted by Gasteiger charge is 2.21. The highest BCUT2D eigenvalue weighted by molar-refractivity contribution is 5.96. The minimum absolute atomic E-state index is 0.433. The second-order valence-corrected chi connectivity index (χ2v) is 4.32. The summed E-state index contributed by atoms with van der Waals surface area (Å²) in [6.07, 6.45) is 2.14. The smallest absolute Gasteiger partial charge is 0.252 e. The average molecular weight is 234 g/mol. The molecule has 0 spiro atoms. The standard InChI is InChI=1S/C13H18N2O2/c1-17-12-10(9-5-7-15-8-6-9)3-2-4-11(12)13(14)16/h2-4,9,15H,5-8H2,1H3,(H2,14,16). The lowest BCUT2D eigenvalue weighted by atomic mass is 9.88. The third kappa shape index (κ3) is 2.42. The first-order valence-corrected chi connectivity index (χ1v) is 5.91. The number of hydrogen-bond acceptors (Lipinski definition) is 3. The van der Waals surface area contributed by atoms with E-state index in [1.807, 2.05) is 12.1 Å². The summed E-state index contributed by atoms with van der Waals surface area (Å²) in [5.41, 5.74) is 6.93. The van der Waals surface area contributed by atoms with Crippen LogP contribution >= 0.6 is 0 Å². The van der Waals surface area contributed by atoms with Crippen molar-refractivity contribution in [3.05, 3.63) is 29.3 Å².